The summed E-state index contributed by atoms with van der Waals surface area (Å²) in [7, 11) is -3.40. The van der Waals surface area contributed by atoms with Crippen LogP contribution in [-0.2, 0) is 14.6 Å². The van der Waals surface area contributed by atoms with Crippen LogP contribution in [0.15, 0.2) is 41.3 Å². The molecule has 0 radical (unpaired) electrons. The first-order valence-electron chi connectivity index (χ1n) is 7.51. The average Bonchev–Trinajstić information content (AvgIpc) is 2.60. The van der Waals surface area contributed by atoms with E-state index in [1.165, 1.54) is 24.3 Å². The highest BCUT2D eigenvalue weighted by molar-refractivity contribution is 7.91. The Balaban J connectivity index is 2.65. The molecule has 2 rings (SSSR count). The number of ether oxygens (including phenoxy) is 1. The molecule has 0 bridgehead atoms. The zero-order valence-electron chi connectivity index (χ0n) is 13.8. The SMILES string of the molecule is CCS(=O)(=O)c1ccc(C)c(-c2cc(C#N)ccc2OCC(=O)O)c1. The number of aliphatic carboxylic acids is 1. The topological polar surface area (TPSA) is 104 Å². The van der Waals surface area contributed by atoms with Gasteiger partial charge in [-0.25, -0.2) is 13.2 Å². The summed E-state index contributed by atoms with van der Waals surface area (Å²) in [5, 5.41) is 17.9. The first kappa shape index (κ1) is 18.5. The number of rotatable bonds is 6. The van der Waals surface area contributed by atoms with Gasteiger partial charge in [0, 0.05) is 5.56 Å². The molecule has 0 aliphatic rings. The number of carboxylic acids is 1. The molecule has 1 N–H and O–H groups in total. The molecule has 0 heterocycles. The standard InChI is InChI=1S/C18H17NO5S/c1-3-25(22,23)14-6-4-12(2)15(9-14)16-8-13(10-19)5-7-17(16)24-11-18(20)21/h4-9H,3,11H2,1-2H3,(H,20,21). The molecule has 2 aromatic rings. The molecule has 7 heteroatoms. The van der Waals surface area contributed by atoms with Gasteiger partial charge in [0.15, 0.2) is 16.4 Å². The number of aryl methyl sites for hydroxylation is 1. The maximum absolute atomic E-state index is 12.2. The van der Waals surface area contributed by atoms with Crippen LogP contribution in [0.3, 0.4) is 0 Å². The molecular formula is C18H17NO5S. The lowest BCUT2D eigenvalue weighted by atomic mass is 9.98. The Labute approximate surface area is 146 Å². The van der Waals surface area contributed by atoms with Crippen LogP contribution in [0.1, 0.15) is 18.1 Å². The van der Waals surface area contributed by atoms with Gasteiger partial charge in [-0.2, -0.15) is 5.26 Å². The smallest absolute Gasteiger partial charge is 0.341 e. The van der Waals surface area contributed by atoms with E-state index in [0.717, 1.165) is 5.56 Å². The summed E-state index contributed by atoms with van der Waals surface area (Å²) in [5.41, 5.74) is 2.20. The van der Waals surface area contributed by atoms with Gasteiger partial charge >= 0.3 is 5.97 Å². The van der Waals surface area contributed by atoms with E-state index in [1.54, 1.807) is 26.0 Å². The Morgan fingerprint density at radius 2 is 1.92 bits per heavy atom. The molecule has 0 aromatic heterocycles. The van der Waals surface area contributed by atoms with Gasteiger partial charge < -0.3 is 9.84 Å². The van der Waals surface area contributed by atoms with Crippen molar-refractivity contribution in [3.63, 3.8) is 0 Å². The minimum atomic E-state index is -3.40. The van der Waals surface area contributed by atoms with E-state index in [-0.39, 0.29) is 16.4 Å². The summed E-state index contributed by atoms with van der Waals surface area (Å²) in [5.74, 6) is -0.888. The molecule has 0 aliphatic carbocycles. The number of carbonyl (C=O) groups is 1. The average molecular weight is 359 g/mol. The Kier molecular flexibility index (Phi) is 5.45. The van der Waals surface area contributed by atoms with Crippen LogP contribution in [0, 0.1) is 18.3 Å². The molecule has 130 valence electrons. The van der Waals surface area contributed by atoms with Crippen LogP contribution >= 0.6 is 0 Å². The summed E-state index contributed by atoms with van der Waals surface area (Å²) in [4.78, 5) is 10.9. The van der Waals surface area contributed by atoms with E-state index < -0.39 is 22.4 Å². The van der Waals surface area contributed by atoms with E-state index in [0.29, 0.717) is 16.7 Å². The summed E-state index contributed by atoms with van der Waals surface area (Å²) in [6, 6.07) is 11.3. The van der Waals surface area contributed by atoms with E-state index in [9.17, 15) is 13.2 Å². The molecule has 0 saturated heterocycles. The quantitative estimate of drug-likeness (QED) is 0.850. The zero-order valence-corrected chi connectivity index (χ0v) is 14.6. The molecule has 0 amide bonds. The molecule has 0 fully saturated rings. The predicted octanol–water partition coefficient (Wildman–Crippen LogP) is 2.79. The van der Waals surface area contributed by atoms with Gasteiger partial charge in [-0.3, -0.25) is 0 Å². The van der Waals surface area contributed by atoms with Crippen molar-refractivity contribution in [2.75, 3.05) is 12.4 Å². The number of hydrogen-bond donors (Lipinski definition) is 1. The van der Waals surface area contributed by atoms with Gasteiger partial charge in [0.25, 0.3) is 0 Å². The minimum Gasteiger partial charge on any atom is -0.481 e. The van der Waals surface area contributed by atoms with Gasteiger partial charge in [-0.1, -0.05) is 13.0 Å². The lowest BCUT2D eigenvalue weighted by Crippen LogP contribution is -2.10. The predicted molar refractivity (Wildman–Crippen MR) is 92.2 cm³/mol. The highest BCUT2D eigenvalue weighted by Gasteiger charge is 2.17. The van der Waals surface area contributed by atoms with Crippen molar-refractivity contribution >= 4 is 15.8 Å². The van der Waals surface area contributed by atoms with E-state index in [1.807, 2.05) is 6.07 Å². The molecule has 25 heavy (non-hydrogen) atoms. The van der Waals surface area contributed by atoms with Crippen molar-refractivity contribution in [3.8, 4) is 22.9 Å². The maximum Gasteiger partial charge on any atom is 0.341 e. The molecule has 2 aromatic carbocycles. The van der Waals surface area contributed by atoms with Crippen LogP contribution in [0.25, 0.3) is 11.1 Å². The Bertz CT molecular complexity index is 958. The van der Waals surface area contributed by atoms with Crippen LogP contribution < -0.4 is 4.74 Å². The number of carboxylic acid groups (broad SMARTS) is 1. The highest BCUT2D eigenvalue weighted by atomic mass is 32.2. The second-order valence-electron chi connectivity index (χ2n) is 5.39. The van der Waals surface area contributed by atoms with Crippen molar-refractivity contribution in [2.45, 2.75) is 18.7 Å². The fourth-order valence-electron chi connectivity index (χ4n) is 2.33. The van der Waals surface area contributed by atoms with E-state index in [2.05, 4.69) is 0 Å². The number of hydrogen-bond acceptors (Lipinski definition) is 5. The Morgan fingerprint density at radius 1 is 1.20 bits per heavy atom. The van der Waals surface area contributed by atoms with Crippen molar-refractivity contribution in [2.24, 2.45) is 0 Å². The van der Waals surface area contributed by atoms with Crippen LogP contribution in [-0.4, -0.2) is 31.9 Å². The number of nitrogens with zero attached hydrogens (tertiary/aromatic N) is 1. The lowest BCUT2D eigenvalue weighted by molar-refractivity contribution is -0.139. The van der Waals surface area contributed by atoms with Gasteiger partial charge in [-0.15, -0.1) is 0 Å². The molecule has 0 spiro atoms. The second kappa shape index (κ2) is 7.36. The number of sulfone groups is 1. The molecule has 6 nitrogen and oxygen atoms in total. The first-order chi connectivity index (χ1) is 11.8. The Morgan fingerprint density at radius 3 is 2.52 bits per heavy atom. The fraction of sp³-hybridized carbons (Fsp3) is 0.222. The van der Waals surface area contributed by atoms with Crippen LogP contribution in [0.4, 0.5) is 0 Å². The summed E-state index contributed by atoms with van der Waals surface area (Å²) < 4.78 is 29.6. The molecule has 0 atom stereocenters. The third kappa shape index (κ3) is 4.17. The third-order valence-electron chi connectivity index (χ3n) is 3.70. The highest BCUT2D eigenvalue weighted by Crippen LogP contribution is 2.34. The minimum absolute atomic E-state index is 0.0316. The van der Waals surface area contributed by atoms with Gasteiger partial charge in [0.2, 0.25) is 0 Å². The largest absolute Gasteiger partial charge is 0.481 e. The molecule has 0 aliphatic heterocycles. The zero-order chi connectivity index (χ0) is 18.6. The fourth-order valence-corrected chi connectivity index (χ4v) is 3.23. The molecular weight excluding hydrogens is 342 g/mol. The third-order valence-corrected chi connectivity index (χ3v) is 5.43. The molecule has 0 unspecified atom stereocenters. The van der Waals surface area contributed by atoms with Gasteiger partial charge in [0.1, 0.15) is 5.75 Å². The number of nitriles is 1. The number of benzene rings is 2. The van der Waals surface area contributed by atoms with Crippen LogP contribution in [0.2, 0.25) is 0 Å². The van der Waals surface area contributed by atoms with Crippen molar-refractivity contribution in [1.29, 1.82) is 5.26 Å². The lowest BCUT2D eigenvalue weighted by Gasteiger charge is -2.14. The molecule has 0 saturated carbocycles. The summed E-state index contributed by atoms with van der Waals surface area (Å²) in [6.07, 6.45) is 0. The van der Waals surface area contributed by atoms with Gasteiger partial charge in [0.05, 0.1) is 22.3 Å². The second-order valence-corrected chi connectivity index (χ2v) is 7.66. The van der Waals surface area contributed by atoms with E-state index in [4.69, 9.17) is 15.1 Å². The Hall–Kier alpha value is -2.85. The van der Waals surface area contributed by atoms with E-state index >= 15 is 0 Å². The first-order valence-corrected chi connectivity index (χ1v) is 9.16. The van der Waals surface area contributed by atoms with Crippen LogP contribution in [0.5, 0.6) is 5.75 Å². The van der Waals surface area contributed by atoms with Crippen molar-refractivity contribution < 1.29 is 23.1 Å². The van der Waals surface area contributed by atoms with Crippen molar-refractivity contribution in [1.82, 2.24) is 0 Å². The summed E-state index contributed by atoms with van der Waals surface area (Å²) in [6.45, 7) is 2.83. The monoisotopic (exact) mass is 359 g/mol. The normalized spacial score (nSPS) is 10.9. The maximum atomic E-state index is 12.2. The van der Waals surface area contributed by atoms with Gasteiger partial charge in [-0.05, 0) is 48.4 Å². The van der Waals surface area contributed by atoms with Crippen molar-refractivity contribution in [3.05, 3.63) is 47.5 Å². The summed E-state index contributed by atoms with van der Waals surface area (Å²) >= 11 is 0.